The third-order valence-corrected chi connectivity index (χ3v) is 5.29. The summed E-state index contributed by atoms with van der Waals surface area (Å²) in [6, 6.07) is 7.78. The first-order chi connectivity index (χ1) is 11.2. The average molecular weight is 345 g/mol. The molecule has 1 fully saturated rings. The van der Waals surface area contributed by atoms with Gasteiger partial charge >= 0.3 is 0 Å². The number of nitrogens with zero attached hydrogens (tertiary/aromatic N) is 4. The molecule has 3 aromatic rings. The summed E-state index contributed by atoms with van der Waals surface area (Å²) in [5.41, 5.74) is 1.18. The van der Waals surface area contributed by atoms with E-state index in [1.165, 1.54) is 11.3 Å². The maximum absolute atomic E-state index is 9.57. The van der Waals surface area contributed by atoms with Crippen molar-refractivity contribution in [1.82, 2.24) is 14.7 Å². The van der Waals surface area contributed by atoms with Crippen molar-refractivity contribution >= 4 is 43.9 Å². The average Bonchev–Trinajstić information content (AvgIpc) is 2.95. The van der Waals surface area contributed by atoms with Crippen LogP contribution < -0.4 is 15.7 Å². The molecule has 3 heterocycles. The number of hydrogen-bond donors (Lipinski definition) is 2. The van der Waals surface area contributed by atoms with Crippen molar-refractivity contribution in [3.05, 3.63) is 34.3 Å². The van der Waals surface area contributed by atoms with Gasteiger partial charge in [-0.05, 0) is 12.1 Å². The van der Waals surface area contributed by atoms with Crippen LogP contribution >= 0.6 is 22.9 Å². The fourth-order valence-electron chi connectivity index (χ4n) is 2.89. The van der Waals surface area contributed by atoms with Crippen LogP contribution in [0.1, 0.15) is 5.56 Å². The van der Waals surface area contributed by atoms with Crippen molar-refractivity contribution in [2.24, 2.45) is 0 Å². The van der Waals surface area contributed by atoms with Gasteiger partial charge in [-0.2, -0.15) is 5.26 Å². The van der Waals surface area contributed by atoms with Gasteiger partial charge in [-0.1, -0.05) is 29.0 Å². The molecule has 0 bridgehead atoms. The van der Waals surface area contributed by atoms with Crippen LogP contribution in [0, 0.1) is 16.7 Å². The first kappa shape index (κ1) is 14.5. The van der Waals surface area contributed by atoms with E-state index < -0.39 is 0 Å². The number of piperazine rings is 1. The monoisotopic (exact) mass is 344 g/mol. The molecule has 0 unspecified atom stereocenters. The third-order valence-electron chi connectivity index (χ3n) is 3.98. The van der Waals surface area contributed by atoms with Crippen molar-refractivity contribution in [2.45, 2.75) is 0 Å². The topological polar surface area (TPSA) is 80.2 Å². The van der Waals surface area contributed by atoms with Crippen LogP contribution in [-0.4, -0.2) is 35.6 Å². The molecule has 0 spiro atoms. The molecular formula is C15H13ClN6S. The highest BCUT2D eigenvalue weighted by molar-refractivity contribution is 7.23. The number of hydrogen-bond acceptors (Lipinski definition) is 6. The van der Waals surface area contributed by atoms with Gasteiger partial charge in [-0.25, -0.2) is 4.98 Å². The van der Waals surface area contributed by atoms with Gasteiger partial charge in [0.25, 0.3) is 0 Å². The maximum atomic E-state index is 9.57. The number of thiazole rings is 1. The van der Waals surface area contributed by atoms with Gasteiger partial charge in [-0.3, -0.25) is 9.81 Å². The van der Waals surface area contributed by atoms with Crippen molar-refractivity contribution in [3.63, 3.8) is 0 Å². The zero-order chi connectivity index (χ0) is 16.0. The Morgan fingerprint density at radius 3 is 2.87 bits per heavy atom. The highest BCUT2D eigenvalue weighted by Gasteiger charge is 2.21. The molecule has 0 radical (unpaired) electrons. The number of benzene rings is 1. The lowest BCUT2D eigenvalue weighted by atomic mass is 10.2. The highest BCUT2D eigenvalue weighted by Crippen LogP contribution is 2.31. The Kier molecular flexibility index (Phi) is 3.45. The molecular weight excluding hydrogens is 332 g/mol. The summed E-state index contributed by atoms with van der Waals surface area (Å²) in [7, 11) is 0. The lowest BCUT2D eigenvalue weighted by molar-refractivity contribution is 0.584. The zero-order valence-corrected chi connectivity index (χ0v) is 13.7. The quantitative estimate of drug-likeness (QED) is 0.707. The van der Waals surface area contributed by atoms with Crippen molar-refractivity contribution in [3.8, 4) is 6.07 Å². The number of halogens is 1. The first-order valence-electron chi connectivity index (χ1n) is 7.25. The molecule has 6 nitrogen and oxygen atoms in total. The number of nitriles is 1. The smallest absolute Gasteiger partial charge is 0.198 e. The van der Waals surface area contributed by atoms with Gasteiger partial charge < -0.3 is 10.2 Å². The van der Waals surface area contributed by atoms with E-state index in [0.717, 1.165) is 36.4 Å². The lowest BCUT2D eigenvalue weighted by Gasteiger charge is -2.28. The van der Waals surface area contributed by atoms with Crippen molar-refractivity contribution < 1.29 is 0 Å². The predicted molar refractivity (Wildman–Crippen MR) is 91.2 cm³/mol. The number of fused-ring (bicyclic) bond motifs is 3. The van der Waals surface area contributed by atoms with Crippen LogP contribution in [0.25, 0.3) is 15.2 Å². The summed E-state index contributed by atoms with van der Waals surface area (Å²) in [6.45, 7) is 3.26. The van der Waals surface area contributed by atoms with Gasteiger partial charge in [0.05, 0.1) is 15.2 Å². The normalized spacial score (nSPS) is 15.2. The standard InChI is InChI=1S/C15H13ClN6S/c16-10-2-1-3-11-12(10)22-13(18)9(8-17)14(20-15(22)23-11)21-6-4-19-5-7-21/h1-3,18-19H,4-7H2. The molecule has 0 atom stereocenters. The van der Waals surface area contributed by atoms with E-state index in [4.69, 9.17) is 17.0 Å². The summed E-state index contributed by atoms with van der Waals surface area (Å²) < 4.78 is 2.63. The minimum absolute atomic E-state index is 0.144. The second-order valence-electron chi connectivity index (χ2n) is 5.31. The molecule has 1 aliphatic rings. The fourth-order valence-corrected chi connectivity index (χ4v) is 4.25. The molecule has 4 rings (SSSR count). The molecule has 2 aromatic heterocycles. The summed E-state index contributed by atoms with van der Waals surface area (Å²) in [5, 5.41) is 21.9. The fraction of sp³-hybridized carbons (Fsp3) is 0.267. The maximum Gasteiger partial charge on any atom is 0.198 e. The van der Waals surface area contributed by atoms with E-state index in [-0.39, 0.29) is 5.49 Å². The van der Waals surface area contributed by atoms with E-state index >= 15 is 0 Å². The van der Waals surface area contributed by atoms with E-state index in [1.807, 2.05) is 12.1 Å². The second kappa shape index (κ2) is 5.49. The summed E-state index contributed by atoms with van der Waals surface area (Å²) in [6.07, 6.45) is 0. The summed E-state index contributed by atoms with van der Waals surface area (Å²) >= 11 is 7.79. The molecule has 1 saturated heterocycles. The molecule has 1 aromatic carbocycles. The summed E-state index contributed by atoms with van der Waals surface area (Å²) in [5.74, 6) is 0.599. The highest BCUT2D eigenvalue weighted by atomic mass is 35.5. The van der Waals surface area contributed by atoms with E-state index in [0.29, 0.717) is 21.4 Å². The van der Waals surface area contributed by atoms with Crippen molar-refractivity contribution in [1.29, 1.82) is 10.7 Å². The third kappa shape index (κ3) is 2.18. The van der Waals surface area contributed by atoms with E-state index in [9.17, 15) is 5.26 Å². The van der Waals surface area contributed by atoms with E-state index in [1.54, 1.807) is 10.5 Å². The largest absolute Gasteiger partial charge is 0.353 e. The first-order valence-corrected chi connectivity index (χ1v) is 8.44. The Labute approximate surface area is 141 Å². The Morgan fingerprint density at radius 1 is 1.35 bits per heavy atom. The molecule has 0 saturated carbocycles. The minimum atomic E-state index is 0.144. The molecule has 23 heavy (non-hydrogen) atoms. The van der Waals surface area contributed by atoms with Crippen LogP contribution in [0.15, 0.2) is 18.2 Å². The Morgan fingerprint density at radius 2 is 2.13 bits per heavy atom. The number of anilines is 1. The molecule has 0 aliphatic carbocycles. The number of rotatable bonds is 1. The molecule has 8 heteroatoms. The van der Waals surface area contributed by atoms with Gasteiger partial charge in [0.2, 0.25) is 0 Å². The number of para-hydroxylation sites is 1. The molecule has 0 amide bonds. The second-order valence-corrected chi connectivity index (χ2v) is 6.73. The molecule has 116 valence electrons. The van der Waals surface area contributed by atoms with Crippen LogP contribution in [0.4, 0.5) is 5.82 Å². The SMILES string of the molecule is N#Cc1c(N2CCNCC2)nc2sc3cccc(Cl)c3n2c1=N. The van der Waals surface area contributed by atoms with Crippen molar-refractivity contribution in [2.75, 3.05) is 31.1 Å². The number of nitrogens with one attached hydrogen (secondary N) is 2. The molecule has 1 aliphatic heterocycles. The Hall–Kier alpha value is -2.14. The number of aromatic nitrogens is 2. The summed E-state index contributed by atoms with van der Waals surface area (Å²) in [4.78, 5) is 7.44. The van der Waals surface area contributed by atoms with Crippen LogP contribution in [0.3, 0.4) is 0 Å². The molecule has 2 N–H and O–H groups in total. The van der Waals surface area contributed by atoms with E-state index in [2.05, 4.69) is 21.3 Å². The Balaban J connectivity index is 2.07. The lowest BCUT2D eigenvalue weighted by Crippen LogP contribution is -2.45. The zero-order valence-electron chi connectivity index (χ0n) is 12.1. The van der Waals surface area contributed by atoms with Crippen LogP contribution in [0.2, 0.25) is 5.02 Å². The van der Waals surface area contributed by atoms with Gasteiger partial charge in [0.1, 0.15) is 11.6 Å². The van der Waals surface area contributed by atoms with Gasteiger partial charge in [0, 0.05) is 26.2 Å². The van der Waals surface area contributed by atoms with Gasteiger partial charge in [-0.15, -0.1) is 0 Å². The van der Waals surface area contributed by atoms with Gasteiger partial charge in [0.15, 0.2) is 16.3 Å². The minimum Gasteiger partial charge on any atom is -0.353 e. The Bertz CT molecular complexity index is 1010. The predicted octanol–water partition coefficient (Wildman–Crippen LogP) is 1.96. The van der Waals surface area contributed by atoms with Crippen LogP contribution in [0.5, 0.6) is 0 Å². The van der Waals surface area contributed by atoms with Crippen LogP contribution in [-0.2, 0) is 0 Å².